The number of nitro benzene ring substituents is 1. The van der Waals surface area contributed by atoms with Crippen LogP contribution in [0.2, 0.25) is 5.02 Å². The van der Waals surface area contributed by atoms with Crippen LogP contribution in [0.3, 0.4) is 0 Å². The van der Waals surface area contributed by atoms with E-state index in [4.69, 9.17) is 20.9 Å². The van der Waals surface area contributed by atoms with Crippen molar-refractivity contribution in [2.75, 3.05) is 0 Å². The van der Waals surface area contributed by atoms with E-state index >= 15 is 0 Å². The van der Waals surface area contributed by atoms with E-state index in [0.717, 1.165) is 0 Å². The number of nitro groups is 1. The molecule has 26 heavy (non-hydrogen) atoms. The highest BCUT2D eigenvalue weighted by Gasteiger charge is 2.16. The van der Waals surface area contributed by atoms with Gasteiger partial charge in [0.05, 0.1) is 4.92 Å². The number of aromatic hydroxyl groups is 1. The van der Waals surface area contributed by atoms with Gasteiger partial charge in [0.2, 0.25) is 5.82 Å². The zero-order valence-electron chi connectivity index (χ0n) is 13.0. The largest absolute Gasteiger partial charge is 0.507 e. The minimum Gasteiger partial charge on any atom is -0.507 e. The van der Waals surface area contributed by atoms with E-state index < -0.39 is 10.9 Å². The van der Waals surface area contributed by atoms with Gasteiger partial charge in [-0.2, -0.15) is 4.98 Å². The number of aromatic nitrogens is 2. The average Bonchev–Trinajstić information content (AvgIpc) is 3.11. The first kappa shape index (κ1) is 17.4. The molecule has 0 saturated carbocycles. The molecular formula is C16H10ClN3O6. The first-order chi connectivity index (χ1) is 12.4. The van der Waals surface area contributed by atoms with E-state index in [2.05, 4.69) is 10.1 Å². The molecule has 3 aromatic rings. The normalized spacial score (nSPS) is 10.5. The number of benzene rings is 2. The van der Waals surface area contributed by atoms with Crippen molar-refractivity contribution < 1.29 is 24.1 Å². The molecule has 132 valence electrons. The summed E-state index contributed by atoms with van der Waals surface area (Å²) in [6.07, 6.45) is 0. The minimum atomic E-state index is -0.805. The van der Waals surface area contributed by atoms with Crippen LogP contribution in [0.5, 0.6) is 5.75 Å². The zero-order valence-corrected chi connectivity index (χ0v) is 13.7. The highest BCUT2D eigenvalue weighted by Crippen LogP contribution is 2.23. The Morgan fingerprint density at radius 2 is 2.00 bits per heavy atom. The van der Waals surface area contributed by atoms with Gasteiger partial charge < -0.3 is 14.4 Å². The maximum Gasteiger partial charge on any atom is 0.342 e. The molecule has 1 heterocycles. The van der Waals surface area contributed by atoms with Gasteiger partial charge in [0, 0.05) is 22.7 Å². The quantitative estimate of drug-likeness (QED) is 0.408. The smallest absolute Gasteiger partial charge is 0.342 e. The minimum absolute atomic E-state index is 0.0215. The predicted octanol–water partition coefficient (Wildman–Crippen LogP) is 3.36. The number of halogens is 1. The summed E-state index contributed by atoms with van der Waals surface area (Å²) in [7, 11) is 0. The van der Waals surface area contributed by atoms with Crippen molar-refractivity contribution in [1.82, 2.24) is 10.1 Å². The lowest BCUT2D eigenvalue weighted by Gasteiger charge is -2.04. The summed E-state index contributed by atoms with van der Waals surface area (Å²) in [5.74, 6) is -0.860. The van der Waals surface area contributed by atoms with Crippen LogP contribution in [0.4, 0.5) is 5.69 Å². The summed E-state index contributed by atoms with van der Waals surface area (Å²) >= 11 is 5.78. The van der Waals surface area contributed by atoms with Gasteiger partial charge >= 0.3 is 5.97 Å². The Hall–Kier alpha value is -3.46. The van der Waals surface area contributed by atoms with Gasteiger partial charge in [-0.1, -0.05) is 16.8 Å². The average molecular weight is 376 g/mol. The number of rotatable bonds is 5. The molecule has 10 heteroatoms. The molecule has 0 aliphatic carbocycles. The predicted molar refractivity (Wildman–Crippen MR) is 88.6 cm³/mol. The summed E-state index contributed by atoms with van der Waals surface area (Å²) < 4.78 is 9.98. The molecule has 0 unspecified atom stereocenters. The number of hydrogen-bond donors (Lipinski definition) is 1. The summed E-state index contributed by atoms with van der Waals surface area (Å²) in [4.78, 5) is 26.1. The number of esters is 1. The molecule has 0 amide bonds. The number of phenols is 1. The van der Waals surface area contributed by atoms with Crippen LogP contribution in [0.25, 0.3) is 11.4 Å². The lowest BCUT2D eigenvalue weighted by atomic mass is 10.2. The highest BCUT2D eigenvalue weighted by atomic mass is 35.5. The second-order valence-electron chi connectivity index (χ2n) is 5.05. The molecular weight excluding hydrogens is 366 g/mol. The molecule has 0 aliphatic heterocycles. The summed E-state index contributed by atoms with van der Waals surface area (Å²) in [5, 5.41) is 24.3. The number of non-ortho nitro benzene ring substituents is 1. The Morgan fingerprint density at radius 3 is 2.69 bits per heavy atom. The molecule has 9 nitrogen and oxygen atoms in total. The van der Waals surface area contributed by atoms with Crippen LogP contribution in [-0.2, 0) is 11.3 Å². The fraction of sp³-hybridized carbons (Fsp3) is 0.0625. The third kappa shape index (κ3) is 3.78. The van der Waals surface area contributed by atoms with E-state index in [9.17, 15) is 20.0 Å². The first-order valence-corrected chi connectivity index (χ1v) is 7.55. The monoisotopic (exact) mass is 375 g/mol. The van der Waals surface area contributed by atoms with E-state index in [-0.39, 0.29) is 40.3 Å². The Kier molecular flexibility index (Phi) is 4.81. The number of carbonyl (C=O) groups is 1. The van der Waals surface area contributed by atoms with E-state index in [1.165, 1.54) is 42.5 Å². The molecule has 0 aliphatic rings. The van der Waals surface area contributed by atoms with Gasteiger partial charge in [0.1, 0.15) is 11.3 Å². The summed E-state index contributed by atoms with van der Waals surface area (Å²) in [6, 6.07) is 9.56. The zero-order chi connectivity index (χ0) is 18.7. The first-order valence-electron chi connectivity index (χ1n) is 7.17. The summed E-state index contributed by atoms with van der Waals surface area (Å²) in [6.45, 7) is -0.315. The molecule has 0 fully saturated rings. The molecule has 1 aromatic heterocycles. The van der Waals surface area contributed by atoms with Crippen molar-refractivity contribution >= 4 is 23.3 Å². The number of carbonyl (C=O) groups excluding carboxylic acids is 1. The van der Waals surface area contributed by atoms with E-state index in [1.54, 1.807) is 0 Å². The second kappa shape index (κ2) is 7.19. The Labute approximate surface area is 150 Å². The molecule has 0 spiro atoms. The molecule has 3 rings (SSSR count). The van der Waals surface area contributed by atoms with Gasteiger partial charge in [-0.05, 0) is 30.3 Å². The van der Waals surface area contributed by atoms with Gasteiger partial charge in [0.15, 0.2) is 6.61 Å². The van der Waals surface area contributed by atoms with Crippen molar-refractivity contribution in [3.05, 3.63) is 69.1 Å². The lowest BCUT2D eigenvalue weighted by Crippen LogP contribution is -2.05. The van der Waals surface area contributed by atoms with Crippen LogP contribution in [0, 0.1) is 10.1 Å². The number of nitrogens with zero attached hydrogens (tertiary/aromatic N) is 3. The molecule has 0 atom stereocenters. The van der Waals surface area contributed by atoms with Crippen LogP contribution in [0.1, 0.15) is 16.2 Å². The SMILES string of the molecule is O=C(OCc1nc(-c2ccc([N+](=O)[O-])cc2)no1)c1cc(Cl)ccc1O. The maximum atomic E-state index is 12.0. The highest BCUT2D eigenvalue weighted by molar-refractivity contribution is 6.31. The van der Waals surface area contributed by atoms with Gasteiger partial charge in [-0.3, -0.25) is 10.1 Å². The fourth-order valence-corrected chi connectivity index (χ4v) is 2.21. The lowest BCUT2D eigenvalue weighted by molar-refractivity contribution is -0.384. The van der Waals surface area contributed by atoms with E-state index in [1.807, 2.05) is 0 Å². The molecule has 0 radical (unpaired) electrons. The van der Waals surface area contributed by atoms with Crippen LogP contribution in [0.15, 0.2) is 47.0 Å². The summed E-state index contributed by atoms with van der Waals surface area (Å²) in [5.41, 5.74) is 0.352. The molecule has 1 N–H and O–H groups in total. The molecule has 0 saturated heterocycles. The third-order valence-electron chi connectivity index (χ3n) is 3.31. The molecule has 2 aromatic carbocycles. The standard InChI is InChI=1S/C16H10ClN3O6/c17-10-3-6-13(21)12(7-10)16(22)25-8-14-18-15(19-26-14)9-1-4-11(5-2-9)20(23)24/h1-7,21H,8H2. The van der Waals surface area contributed by atoms with Gasteiger partial charge in [0.25, 0.3) is 11.6 Å². The van der Waals surface area contributed by atoms with Crippen molar-refractivity contribution in [1.29, 1.82) is 0 Å². The maximum absolute atomic E-state index is 12.0. The number of hydrogen-bond acceptors (Lipinski definition) is 8. The van der Waals surface area contributed by atoms with Gasteiger partial charge in [-0.25, -0.2) is 4.79 Å². The number of ether oxygens (including phenoxy) is 1. The van der Waals surface area contributed by atoms with E-state index in [0.29, 0.717) is 5.56 Å². The van der Waals surface area contributed by atoms with Crippen molar-refractivity contribution in [2.45, 2.75) is 6.61 Å². The van der Waals surface area contributed by atoms with Crippen molar-refractivity contribution in [2.24, 2.45) is 0 Å². The van der Waals surface area contributed by atoms with Crippen molar-refractivity contribution in [3.8, 4) is 17.1 Å². The third-order valence-corrected chi connectivity index (χ3v) is 3.54. The van der Waals surface area contributed by atoms with Crippen LogP contribution in [-0.4, -0.2) is 26.1 Å². The Bertz CT molecular complexity index is 970. The topological polar surface area (TPSA) is 129 Å². The second-order valence-corrected chi connectivity index (χ2v) is 5.49. The van der Waals surface area contributed by atoms with Crippen LogP contribution < -0.4 is 0 Å². The van der Waals surface area contributed by atoms with Gasteiger partial charge in [-0.15, -0.1) is 0 Å². The molecule has 0 bridgehead atoms. The Morgan fingerprint density at radius 1 is 1.27 bits per heavy atom. The fourth-order valence-electron chi connectivity index (χ4n) is 2.04. The number of phenolic OH excluding ortho intramolecular Hbond substituents is 1. The van der Waals surface area contributed by atoms with Crippen LogP contribution >= 0.6 is 11.6 Å². The Balaban J connectivity index is 1.68. The van der Waals surface area contributed by atoms with Crippen molar-refractivity contribution in [3.63, 3.8) is 0 Å².